The highest BCUT2D eigenvalue weighted by Crippen LogP contribution is 2.23. The summed E-state index contributed by atoms with van der Waals surface area (Å²) in [5.41, 5.74) is 4.06. The standard InChI is InChI=1S/C22H24N4O2/c1-4-15-5-8-17(9-6-15)23-21(27)16-7-10-19-18(13-16)24-20-22(28)25(14(2)3)11-12-26(19)20/h5-10,13-14H,4,11-12H2,1-3H3,(H,23,27). The third-order valence-corrected chi connectivity index (χ3v) is 5.27. The van der Waals surface area contributed by atoms with E-state index in [0.717, 1.165) is 17.6 Å². The molecule has 0 saturated carbocycles. The van der Waals surface area contributed by atoms with E-state index in [0.29, 0.717) is 30.0 Å². The van der Waals surface area contributed by atoms with Crippen molar-refractivity contribution in [3.63, 3.8) is 0 Å². The lowest BCUT2D eigenvalue weighted by Crippen LogP contribution is -2.44. The van der Waals surface area contributed by atoms with Gasteiger partial charge in [0.05, 0.1) is 11.0 Å². The maximum Gasteiger partial charge on any atom is 0.290 e. The van der Waals surface area contributed by atoms with Gasteiger partial charge < -0.3 is 14.8 Å². The minimum Gasteiger partial charge on any atom is -0.332 e. The highest BCUT2D eigenvalue weighted by atomic mass is 16.2. The van der Waals surface area contributed by atoms with Crippen molar-refractivity contribution < 1.29 is 9.59 Å². The molecule has 3 aromatic rings. The van der Waals surface area contributed by atoms with Crippen molar-refractivity contribution in [2.45, 2.75) is 39.8 Å². The number of fused-ring (bicyclic) bond motifs is 3. The number of aryl methyl sites for hydroxylation is 1. The Bertz CT molecular complexity index is 1050. The van der Waals surface area contributed by atoms with Crippen molar-refractivity contribution in [3.05, 3.63) is 59.4 Å². The van der Waals surface area contributed by atoms with Crippen molar-refractivity contribution in [3.8, 4) is 0 Å². The van der Waals surface area contributed by atoms with Crippen molar-refractivity contribution >= 4 is 28.5 Å². The molecule has 0 radical (unpaired) electrons. The molecule has 0 aliphatic carbocycles. The predicted octanol–water partition coefficient (Wildman–Crippen LogP) is 3.72. The van der Waals surface area contributed by atoms with Crippen LogP contribution in [0, 0.1) is 0 Å². The summed E-state index contributed by atoms with van der Waals surface area (Å²) in [6.45, 7) is 7.49. The number of carbonyl (C=O) groups excluding carboxylic acids is 2. The summed E-state index contributed by atoms with van der Waals surface area (Å²) < 4.78 is 1.95. The Labute approximate surface area is 164 Å². The lowest BCUT2D eigenvalue weighted by Gasteiger charge is -2.30. The molecule has 28 heavy (non-hydrogen) atoms. The zero-order valence-electron chi connectivity index (χ0n) is 16.4. The van der Waals surface area contributed by atoms with E-state index >= 15 is 0 Å². The molecular formula is C22H24N4O2. The number of rotatable bonds is 4. The van der Waals surface area contributed by atoms with Gasteiger partial charge in [-0.05, 0) is 56.2 Å². The van der Waals surface area contributed by atoms with Crippen LogP contribution >= 0.6 is 0 Å². The van der Waals surface area contributed by atoms with E-state index in [4.69, 9.17) is 0 Å². The molecule has 1 aliphatic rings. The van der Waals surface area contributed by atoms with Gasteiger partial charge in [-0.25, -0.2) is 4.98 Å². The van der Waals surface area contributed by atoms with Crippen LogP contribution in [0.15, 0.2) is 42.5 Å². The molecule has 6 nitrogen and oxygen atoms in total. The zero-order chi connectivity index (χ0) is 19.8. The molecule has 1 aliphatic heterocycles. The summed E-state index contributed by atoms with van der Waals surface area (Å²) in [5.74, 6) is 0.203. The number of nitrogens with zero attached hydrogens (tertiary/aromatic N) is 3. The van der Waals surface area contributed by atoms with Gasteiger partial charge in [0, 0.05) is 30.4 Å². The largest absolute Gasteiger partial charge is 0.332 e. The molecule has 0 unspecified atom stereocenters. The van der Waals surface area contributed by atoms with Gasteiger partial charge in [0.1, 0.15) is 0 Å². The Kier molecular flexibility index (Phi) is 4.63. The number of amides is 2. The molecule has 2 heterocycles. The fourth-order valence-corrected chi connectivity index (χ4v) is 3.62. The van der Waals surface area contributed by atoms with Gasteiger partial charge in [-0.2, -0.15) is 0 Å². The molecule has 0 bridgehead atoms. The van der Waals surface area contributed by atoms with Crippen LogP contribution in [0.3, 0.4) is 0 Å². The van der Waals surface area contributed by atoms with Gasteiger partial charge in [-0.15, -0.1) is 0 Å². The van der Waals surface area contributed by atoms with Crippen molar-refractivity contribution in [2.24, 2.45) is 0 Å². The molecule has 0 saturated heterocycles. The first-order valence-corrected chi connectivity index (χ1v) is 9.69. The topological polar surface area (TPSA) is 67.2 Å². The summed E-state index contributed by atoms with van der Waals surface area (Å²) in [7, 11) is 0. The average Bonchev–Trinajstić information content (AvgIpc) is 3.07. The number of hydrogen-bond donors (Lipinski definition) is 1. The minimum atomic E-state index is -0.188. The normalized spacial score (nSPS) is 13.9. The quantitative estimate of drug-likeness (QED) is 0.755. The first kappa shape index (κ1) is 18.2. The molecule has 2 aromatic carbocycles. The number of aromatic nitrogens is 2. The van der Waals surface area contributed by atoms with Crippen LogP contribution in [0.25, 0.3) is 11.0 Å². The van der Waals surface area contributed by atoms with Crippen molar-refractivity contribution in [2.75, 3.05) is 11.9 Å². The Hall–Kier alpha value is -3.15. The van der Waals surface area contributed by atoms with Gasteiger partial charge >= 0.3 is 0 Å². The molecule has 0 fully saturated rings. The Morgan fingerprint density at radius 2 is 1.89 bits per heavy atom. The van der Waals surface area contributed by atoms with E-state index in [2.05, 4.69) is 17.2 Å². The van der Waals surface area contributed by atoms with E-state index in [1.54, 1.807) is 12.1 Å². The second kappa shape index (κ2) is 7.11. The van der Waals surface area contributed by atoms with Crippen LogP contribution in [0.4, 0.5) is 5.69 Å². The summed E-state index contributed by atoms with van der Waals surface area (Å²) in [6.07, 6.45) is 0.961. The Balaban J connectivity index is 1.61. The SMILES string of the molecule is CCc1ccc(NC(=O)c2ccc3c(c2)nc2n3CCN(C(C)C)C2=O)cc1. The van der Waals surface area contributed by atoms with E-state index in [-0.39, 0.29) is 17.9 Å². The maximum atomic E-state index is 12.7. The maximum absolute atomic E-state index is 12.7. The van der Waals surface area contributed by atoms with E-state index in [1.807, 2.05) is 53.6 Å². The first-order chi connectivity index (χ1) is 13.5. The van der Waals surface area contributed by atoms with Gasteiger partial charge in [0.2, 0.25) is 0 Å². The molecule has 0 atom stereocenters. The molecule has 144 valence electrons. The average molecular weight is 376 g/mol. The smallest absolute Gasteiger partial charge is 0.290 e. The number of anilines is 1. The fourth-order valence-electron chi connectivity index (χ4n) is 3.62. The van der Waals surface area contributed by atoms with Gasteiger partial charge in [-0.3, -0.25) is 9.59 Å². The van der Waals surface area contributed by atoms with Crippen LogP contribution in [0.5, 0.6) is 0 Å². The summed E-state index contributed by atoms with van der Waals surface area (Å²) >= 11 is 0. The monoisotopic (exact) mass is 376 g/mol. The Morgan fingerprint density at radius 1 is 1.14 bits per heavy atom. The molecule has 4 rings (SSSR count). The Morgan fingerprint density at radius 3 is 2.57 bits per heavy atom. The van der Waals surface area contributed by atoms with Crippen LogP contribution in [-0.2, 0) is 13.0 Å². The van der Waals surface area contributed by atoms with Gasteiger partial charge in [-0.1, -0.05) is 19.1 Å². The highest BCUT2D eigenvalue weighted by molar-refractivity contribution is 6.06. The molecule has 0 spiro atoms. The third kappa shape index (κ3) is 3.15. The number of nitrogens with one attached hydrogen (secondary N) is 1. The van der Waals surface area contributed by atoms with Crippen molar-refractivity contribution in [1.29, 1.82) is 0 Å². The second-order valence-electron chi connectivity index (χ2n) is 7.39. The van der Waals surface area contributed by atoms with Gasteiger partial charge in [0.25, 0.3) is 11.8 Å². The molecule has 6 heteroatoms. The van der Waals surface area contributed by atoms with E-state index in [1.165, 1.54) is 5.56 Å². The molecule has 1 N–H and O–H groups in total. The van der Waals surface area contributed by atoms with Crippen molar-refractivity contribution in [1.82, 2.24) is 14.5 Å². The predicted molar refractivity (Wildman–Crippen MR) is 110 cm³/mol. The third-order valence-electron chi connectivity index (χ3n) is 5.27. The number of imidazole rings is 1. The van der Waals surface area contributed by atoms with Crippen LogP contribution in [0.2, 0.25) is 0 Å². The van der Waals surface area contributed by atoms with Crippen LogP contribution < -0.4 is 5.32 Å². The lowest BCUT2D eigenvalue weighted by atomic mass is 10.1. The van der Waals surface area contributed by atoms with E-state index in [9.17, 15) is 9.59 Å². The van der Waals surface area contributed by atoms with Gasteiger partial charge in [0.15, 0.2) is 5.82 Å². The zero-order valence-corrected chi connectivity index (χ0v) is 16.4. The summed E-state index contributed by atoms with van der Waals surface area (Å²) in [6, 6.07) is 13.4. The lowest BCUT2D eigenvalue weighted by molar-refractivity contribution is 0.0643. The van der Waals surface area contributed by atoms with E-state index < -0.39 is 0 Å². The summed E-state index contributed by atoms with van der Waals surface area (Å²) in [4.78, 5) is 31.7. The minimum absolute atomic E-state index is 0.0561. The highest BCUT2D eigenvalue weighted by Gasteiger charge is 2.29. The van der Waals surface area contributed by atoms with Crippen LogP contribution in [-0.4, -0.2) is 38.9 Å². The number of carbonyl (C=O) groups is 2. The molecule has 1 aromatic heterocycles. The van der Waals surface area contributed by atoms with Crippen LogP contribution in [0.1, 0.15) is 47.3 Å². The molecular weight excluding hydrogens is 352 g/mol. The number of benzene rings is 2. The first-order valence-electron chi connectivity index (χ1n) is 9.69. The molecule has 2 amide bonds. The number of hydrogen-bond acceptors (Lipinski definition) is 3. The fraction of sp³-hybridized carbons (Fsp3) is 0.318. The second-order valence-corrected chi connectivity index (χ2v) is 7.39. The summed E-state index contributed by atoms with van der Waals surface area (Å²) in [5, 5.41) is 2.92.